The Morgan fingerprint density at radius 1 is 0.907 bits per heavy atom. The Morgan fingerprint density at radius 3 is 1.91 bits per heavy atom. The molecule has 5 rings (SSSR count). The van der Waals surface area contributed by atoms with Crippen LogP contribution in [0.15, 0.2) is 110 Å². The number of thiazole rings is 1. The van der Waals surface area contributed by atoms with E-state index in [1.807, 2.05) is 65.4 Å². The summed E-state index contributed by atoms with van der Waals surface area (Å²) in [5, 5.41) is 13.7. The molecule has 1 atom stereocenters. The summed E-state index contributed by atoms with van der Waals surface area (Å²) in [6, 6.07) is 28.9. The predicted molar refractivity (Wildman–Crippen MR) is 168 cm³/mol. The average molecular weight is 594 g/mol. The molecule has 0 bridgehead atoms. The molecule has 0 spiro atoms. The number of benzene rings is 3. The van der Waals surface area contributed by atoms with Gasteiger partial charge in [-0.2, -0.15) is 0 Å². The molecule has 8 nitrogen and oxygen atoms in total. The fraction of sp³-hybridized carbons (Fsp3) is 0.235. The number of urea groups is 1. The molecule has 2 aromatic heterocycles. The maximum atomic E-state index is 13.0. The van der Waals surface area contributed by atoms with E-state index in [1.165, 1.54) is 4.90 Å². The van der Waals surface area contributed by atoms with Crippen LogP contribution in [0.3, 0.4) is 0 Å². The molecule has 0 aliphatic rings. The number of aromatic nitrogens is 3. The Hall–Kier alpha value is -4.76. The van der Waals surface area contributed by atoms with E-state index in [0.29, 0.717) is 18.2 Å². The quantitative estimate of drug-likeness (QED) is 0.179. The van der Waals surface area contributed by atoms with Crippen molar-refractivity contribution in [3.8, 4) is 0 Å². The normalized spacial score (nSPS) is 12.2. The van der Waals surface area contributed by atoms with Crippen LogP contribution in [0, 0.1) is 0 Å². The van der Waals surface area contributed by atoms with Gasteiger partial charge in [0.25, 0.3) is 0 Å². The van der Waals surface area contributed by atoms with Gasteiger partial charge in [0.05, 0.1) is 23.6 Å². The number of rotatable bonds is 11. The molecule has 0 aliphatic carbocycles. The minimum Gasteiger partial charge on any atom is -0.480 e. The van der Waals surface area contributed by atoms with Crippen LogP contribution in [0.25, 0.3) is 0 Å². The zero-order chi connectivity index (χ0) is 30.4. The van der Waals surface area contributed by atoms with E-state index >= 15 is 0 Å². The second-order valence-electron chi connectivity index (χ2n) is 10.8. The highest BCUT2D eigenvalue weighted by Crippen LogP contribution is 2.40. The van der Waals surface area contributed by atoms with Crippen molar-refractivity contribution in [3.63, 3.8) is 0 Å². The first-order valence-electron chi connectivity index (χ1n) is 14.2. The molecule has 9 heteroatoms. The van der Waals surface area contributed by atoms with Crippen molar-refractivity contribution in [1.29, 1.82) is 0 Å². The zero-order valence-electron chi connectivity index (χ0n) is 24.4. The van der Waals surface area contributed by atoms with E-state index in [9.17, 15) is 14.7 Å². The molecule has 5 aromatic rings. The second-order valence-corrected chi connectivity index (χ2v) is 11.9. The van der Waals surface area contributed by atoms with Gasteiger partial charge in [-0.1, -0.05) is 105 Å². The number of aliphatic carboxylic acids is 1. The zero-order valence-corrected chi connectivity index (χ0v) is 25.2. The maximum Gasteiger partial charge on any atom is 0.326 e. The molecule has 2 amide bonds. The molecule has 0 radical (unpaired) electrons. The molecule has 0 fully saturated rings. The fourth-order valence-corrected chi connectivity index (χ4v) is 6.25. The Bertz CT molecular complexity index is 1550. The van der Waals surface area contributed by atoms with Crippen molar-refractivity contribution in [2.75, 3.05) is 7.05 Å². The minimum absolute atomic E-state index is 0.0222. The molecule has 0 saturated heterocycles. The molecular formula is C34H35N5O3S. The third kappa shape index (κ3) is 6.36. The number of imidazole rings is 1. The van der Waals surface area contributed by atoms with Gasteiger partial charge >= 0.3 is 12.0 Å². The standard InChI is InChI=1S/C34H35N5O3S/c1-24(2)31-35-20-29(43-31)22-38(3)33(42)37-30(32(40)41)19-28-21-39(23-36-28)34(25-13-7-4-8-14-25,26-15-9-5-10-16-26)27-17-11-6-12-18-27/h4-18,20-21,23-24,30H,19,22H2,1-3H3,(H,37,42)(H,40,41)/t30-/m0/s1. The summed E-state index contributed by atoms with van der Waals surface area (Å²) in [5.41, 5.74) is 2.88. The lowest BCUT2D eigenvalue weighted by Crippen LogP contribution is -2.47. The van der Waals surface area contributed by atoms with E-state index in [-0.39, 0.29) is 6.42 Å². The van der Waals surface area contributed by atoms with Crippen molar-refractivity contribution in [1.82, 2.24) is 24.8 Å². The van der Waals surface area contributed by atoms with Gasteiger partial charge in [-0.25, -0.2) is 19.6 Å². The molecule has 0 unspecified atom stereocenters. The summed E-state index contributed by atoms with van der Waals surface area (Å²) in [5.74, 6) is -0.824. The van der Waals surface area contributed by atoms with Crippen molar-refractivity contribution in [2.45, 2.75) is 44.3 Å². The molecule has 2 heterocycles. The first kappa shape index (κ1) is 29.7. The van der Waals surface area contributed by atoms with Gasteiger partial charge in [0, 0.05) is 36.7 Å². The van der Waals surface area contributed by atoms with Crippen LogP contribution in [-0.4, -0.2) is 49.6 Å². The smallest absolute Gasteiger partial charge is 0.326 e. The number of amides is 2. The van der Waals surface area contributed by atoms with Gasteiger partial charge < -0.3 is 19.9 Å². The Labute approximate surface area is 255 Å². The number of hydrogen-bond donors (Lipinski definition) is 2. The Morgan fingerprint density at radius 2 is 1.44 bits per heavy atom. The largest absolute Gasteiger partial charge is 0.480 e. The van der Waals surface area contributed by atoms with Crippen LogP contribution < -0.4 is 5.32 Å². The SMILES string of the molecule is CC(C)c1ncc(CN(C)C(=O)N[C@@H](Cc2cn(C(c3ccccc3)(c3ccccc3)c3ccccc3)cn2)C(=O)O)s1. The van der Waals surface area contributed by atoms with E-state index in [2.05, 4.69) is 65.5 Å². The molecular weight excluding hydrogens is 558 g/mol. The topological polar surface area (TPSA) is 100 Å². The highest BCUT2D eigenvalue weighted by atomic mass is 32.1. The molecule has 3 aromatic carbocycles. The van der Waals surface area contributed by atoms with Crippen LogP contribution in [0.1, 0.15) is 52.0 Å². The second kappa shape index (κ2) is 13.0. The van der Waals surface area contributed by atoms with E-state index in [0.717, 1.165) is 26.6 Å². The molecule has 43 heavy (non-hydrogen) atoms. The summed E-state index contributed by atoms with van der Waals surface area (Å²) in [4.78, 5) is 36.8. The highest BCUT2D eigenvalue weighted by molar-refractivity contribution is 7.11. The predicted octanol–water partition coefficient (Wildman–Crippen LogP) is 6.14. The number of hydrogen-bond acceptors (Lipinski definition) is 5. The molecule has 220 valence electrons. The minimum atomic E-state index is -1.16. The lowest BCUT2D eigenvalue weighted by Gasteiger charge is -2.37. The average Bonchev–Trinajstić information content (AvgIpc) is 3.69. The maximum absolute atomic E-state index is 13.0. The summed E-state index contributed by atoms with van der Waals surface area (Å²) >= 11 is 1.55. The molecule has 0 saturated carbocycles. The van der Waals surface area contributed by atoms with Crippen LogP contribution in [0.5, 0.6) is 0 Å². The van der Waals surface area contributed by atoms with Gasteiger partial charge in [-0.3, -0.25) is 0 Å². The third-order valence-corrected chi connectivity index (χ3v) is 8.69. The van der Waals surface area contributed by atoms with Crippen molar-refractivity contribution >= 4 is 23.3 Å². The Balaban J connectivity index is 1.44. The van der Waals surface area contributed by atoms with Crippen molar-refractivity contribution in [2.24, 2.45) is 0 Å². The number of carbonyl (C=O) groups excluding carboxylic acids is 1. The number of nitrogens with zero attached hydrogens (tertiary/aromatic N) is 4. The van der Waals surface area contributed by atoms with Crippen LogP contribution in [0.2, 0.25) is 0 Å². The van der Waals surface area contributed by atoms with Crippen LogP contribution in [-0.2, 0) is 23.3 Å². The molecule has 2 N–H and O–H groups in total. The third-order valence-electron chi connectivity index (χ3n) is 7.41. The first-order chi connectivity index (χ1) is 20.8. The summed E-state index contributed by atoms with van der Waals surface area (Å²) < 4.78 is 2.03. The van der Waals surface area contributed by atoms with Crippen LogP contribution >= 0.6 is 11.3 Å². The lowest BCUT2D eigenvalue weighted by molar-refractivity contribution is -0.139. The summed E-state index contributed by atoms with van der Waals surface area (Å²) in [7, 11) is 1.64. The van der Waals surface area contributed by atoms with Crippen molar-refractivity contribution < 1.29 is 14.7 Å². The Kier molecular flexibility index (Phi) is 9.01. The monoisotopic (exact) mass is 593 g/mol. The van der Waals surface area contributed by atoms with E-state index in [1.54, 1.807) is 30.9 Å². The summed E-state index contributed by atoms with van der Waals surface area (Å²) in [6.07, 6.45) is 5.41. The lowest BCUT2D eigenvalue weighted by atomic mass is 9.77. The number of carboxylic acid groups (broad SMARTS) is 1. The number of carbonyl (C=O) groups is 2. The van der Waals surface area contributed by atoms with Crippen molar-refractivity contribution in [3.05, 3.63) is 142 Å². The molecule has 0 aliphatic heterocycles. The number of nitrogens with one attached hydrogen (secondary N) is 1. The van der Waals surface area contributed by atoms with E-state index in [4.69, 9.17) is 0 Å². The van der Waals surface area contributed by atoms with Crippen LogP contribution in [0.4, 0.5) is 4.79 Å². The van der Waals surface area contributed by atoms with Gasteiger partial charge in [-0.05, 0) is 16.7 Å². The van der Waals surface area contributed by atoms with Gasteiger partial charge in [0.1, 0.15) is 11.6 Å². The highest BCUT2D eigenvalue weighted by Gasteiger charge is 2.38. The number of carboxylic acids is 1. The van der Waals surface area contributed by atoms with E-state index < -0.39 is 23.6 Å². The fourth-order valence-electron chi connectivity index (χ4n) is 5.27. The summed E-state index contributed by atoms with van der Waals surface area (Å²) in [6.45, 7) is 4.48. The van der Waals surface area contributed by atoms with Gasteiger partial charge in [0.2, 0.25) is 0 Å². The first-order valence-corrected chi connectivity index (χ1v) is 15.0. The van der Waals surface area contributed by atoms with Gasteiger partial charge in [0.15, 0.2) is 0 Å². The van der Waals surface area contributed by atoms with Gasteiger partial charge in [-0.15, -0.1) is 11.3 Å².